The number of morpholine rings is 1. The van der Waals surface area contributed by atoms with Crippen LogP contribution < -0.4 is 5.32 Å². The molecule has 1 saturated heterocycles. The molecule has 0 bridgehead atoms. The third-order valence-electron chi connectivity index (χ3n) is 7.89. The van der Waals surface area contributed by atoms with E-state index >= 15 is 0 Å². The number of carbonyl (C=O) groups is 1. The predicted molar refractivity (Wildman–Crippen MR) is 140 cm³/mol. The van der Waals surface area contributed by atoms with E-state index in [0.29, 0.717) is 12.0 Å². The molecule has 1 aromatic carbocycles. The summed E-state index contributed by atoms with van der Waals surface area (Å²) < 4.78 is 7.54. The summed E-state index contributed by atoms with van der Waals surface area (Å²) in [6.45, 7) is 5.87. The molecule has 3 aromatic rings. The van der Waals surface area contributed by atoms with Crippen molar-refractivity contribution in [3.63, 3.8) is 0 Å². The highest BCUT2D eigenvalue weighted by Gasteiger charge is 2.26. The van der Waals surface area contributed by atoms with Crippen LogP contribution in [0.1, 0.15) is 65.2 Å². The number of aromatic nitrogens is 2. The van der Waals surface area contributed by atoms with E-state index in [1.54, 1.807) is 6.20 Å². The van der Waals surface area contributed by atoms with Gasteiger partial charge in [0.25, 0.3) is 5.91 Å². The first-order valence-electron chi connectivity index (χ1n) is 12.9. The molecule has 2 aromatic heterocycles. The third-order valence-corrected chi connectivity index (χ3v) is 7.89. The summed E-state index contributed by atoms with van der Waals surface area (Å²) in [6, 6.07) is 9.21. The van der Waals surface area contributed by atoms with E-state index < -0.39 is 0 Å². The second-order valence-corrected chi connectivity index (χ2v) is 10.4. The van der Waals surface area contributed by atoms with Gasteiger partial charge in [0.1, 0.15) is 0 Å². The van der Waals surface area contributed by atoms with E-state index in [2.05, 4.69) is 47.5 Å². The first-order chi connectivity index (χ1) is 17.1. The van der Waals surface area contributed by atoms with Gasteiger partial charge >= 0.3 is 0 Å². The molecule has 1 unspecified atom stereocenters. The number of fused-ring (bicyclic) bond motifs is 1. The summed E-state index contributed by atoms with van der Waals surface area (Å²) in [5.74, 6) is 0.580. The van der Waals surface area contributed by atoms with Crippen LogP contribution >= 0.6 is 0 Å². The van der Waals surface area contributed by atoms with Gasteiger partial charge in [-0.15, -0.1) is 0 Å². The molecule has 3 aliphatic rings. The molecule has 6 nitrogen and oxygen atoms in total. The Hall–Kier alpha value is -2.96. The van der Waals surface area contributed by atoms with Crippen molar-refractivity contribution >= 4 is 28.1 Å². The molecule has 1 N–H and O–H groups in total. The SMILES string of the molecule is Cc1cc(NC(=O)c2cn(C)c3ccc(C4CC4)cc23)cnc1C1=CCC(N2CCOCC2)CC1. The lowest BCUT2D eigenvalue weighted by atomic mass is 9.90. The van der Waals surface area contributed by atoms with Crippen molar-refractivity contribution in [1.82, 2.24) is 14.5 Å². The van der Waals surface area contributed by atoms with Crippen LogP contribution in [0.4, 0.5) is 5.69 Å². The van der Waals surface area contributed by atoms with E-state index in [4.69, 9.17) is 9.72 Å². The molecule has 0 radical (unpaired) electrons. The van der Waals surface area contributed by atoms with Crippen molar-refractivity contribution in [2.75, 3.05) is 31.6 Å². The molecular formula is C29H34N4O2. The number of nitrogens with one attached hydrogen (secondary N) is 1. The van der Waals surface area contributed by atoms with Gasteiger partial charge in [-0.25, -0.2) is 0 Å². The van der Waals surface area contributed by atoms with Crippen LogP contribution in [-0.4, -0.2) is 52.7 Å². The first kappa shape index (κ1) is 22.5. The van der Waals surface area contributed by atoms with E-state index in [9.17, 15) is 4.79 Å². The van der Waals surface area contributed by atoms with Crippen LogP contribution in [0, 0.1) is 6.92 Å². The van der Waals surface area contributed by atoms with Crippen molar-refractivity contribution < 1.29 is 9.53 Å². The minimum atomic E-state index is -0.0808. The largest absolute Gasteiger partial charge is 0.379 e. The number of allylic oxidation sites excluding steroid dienone is 1. The zero-order valence-electron chi connectivity index (χ0n) is 20.7. The van der Waals surface area contributed by atoms with Gasteiger partial charge in [0.2, 0.25) is 0 Å². The number of hydrogen-bond donors (Lipinski definition) is 1. The molecule has 2 aliphatic carbocycles. The van der Waals surface area contributed by atoms with Gasteiger partial charge in [0.05, 0.1) is 36.4 Å². The molecule has 1 saturated carbocycles. The maximum absolute atomic E-state index is 13.2. The number of rotatable bonds is 5. The molecule has 1 atom stereocenters. The Morgan fingerprint density at radius 2 is 1.97 bits per heavy atom. The molecule has 3 heterocycles. The average molecular weight is 471 g/mol. The van der Waals surface area contributed by atoms with Gasteiger partial charge in [-0.1, -0.05) is 12.1 Å². The highest BCUT2D eigenvalue weighted by Crippen LogP contribution is 2.41. The van der Waals surface area contributed by atoms with Gasteiger partial charge in [-0.05, 0) is 79.8 Å². The second kappa shape index (κ2) is 9.25. The average Bonchev–Trinajstić information content (AvgIpc) is 3.68. The molecule has 1 aliphatic heterocycles. The Bertz CT molecular complexity index is 1300. The summed E-state index contributed by atoms with van der Waals surface area (Å²) in [5.41, 5.74) is 7.38. The highest BCUT2D eigenvalue weighted by atomic mass is 16.5. The lowest BCUT2D eigenvalue weighted by Gasteiger charge is -2.36. The molecule has 2 fully saturated rings. The molecule has 35 heavy (non-hydrogen) atoms. The van der Waals surface area contributed by atoms with Gasteiger partial charge in [0, 0.05) is 43.3 Å². The fourth-order valence-electron chi connectivity index (χ4n) is 5.75. The summed E-state index contributed by atoms with van der Waals surface area (Å²) in [7, 11) is 2.00. The number of pyridine rings is 1. The van der Waals surface area contributed by atoms with Crippen LogP contribution in [0.2, 0.25) is 0 Å². The number of hydrogen-bond acceptors (Lipinski definition) is 4. The lowest BCUT2D eigenvalue weighted by molar-refractivity contribution is 0.0150. The Balaban J connectivity index is 1.17. The van der Waals surface area contributed by atoms with Crippen molar-refractivity contribution in [1.29, 1.82) is 0 Å². The molecule has 6 heteroatoms. The van der Waals surface area contributed by atoms with E-state index in [1.165, 1.54) is 24.0 Å². The normalized spacial score (nSPS) is 21.2. The predicted octanol–water partition coefficient (Wildman–Crippen LogP) is 5.28. The Morgan fingerprint density at radius 1 is 1.14 bits per heavy atom. The van der Waals surface area contributed by atoms with E-state index in [0.717, 1.165) is 79.0 Å². The van der Waals surface area contributed by atoms with Gasteiger partial charge in [-0.3, -0.25) is 14.7 Å². The summed E-state index contributed by atoms with van der Waals surface area (Å²) in [5, 5.41) is 4.12. The summed E-state index contributed by atoms with van der Waals surface area (Å²) in [6.07, 6.45) is 11.9. The standard InChI is InChI=1S/C29H34N4O2/c1-19-15-23(17-30-28(19)21-5-8-24(9-6-21)33-11-13-35-14-12-33)31-29(34)26-18-32(2)27-10-7-22(16-25(26)27)20-3-4-20/h5,7,10,15-18,20,24H,3-4,6,8-9,11-14H2,1-2H3,(H,31,34). The van der Waals surface area contributed by atoms with Crippen LogP contribution in [0.3, 0.4) is 0 Å². The lowest BCUT2D eigenvalue weighted by Crippen LogP contribution is -2.43. The number of anilines is 1. The summed E-state index contributed by atoms with van der Waals surface area (Å²) in [4.78, 5) is 20.6. The fraction of sp³-hybridized carbons (Fsp3) is 0.448. The maximum atomic E-state index is 13.2. The van der Waals surface area contributed by atoms with Crippen molar-refractivity contribution in [2.45, 2.75) is 51.0 Å². The number of nitrogens with zero attached hydrogens (tertiary/aromatic N) is 3. The molecule has 6 rings (SSSR count). The molecule has 182 valence electrons. The van der Waals surface area contributed by atoms with Crippen LogP contribution in [0.5, 0.6) is 0 Å². The number of carbonyl (C=O) groups excluding carboxylic acids is 1. The zero-order valence-corrected chi connectivity index (χ0v) is 20.7. The van der Waals surface area contributed by atoms with Crippen molar-refractivity contribution in [3.8, 4) is 0 Å². The summed E-state index contributed by atoms with van der Waals surface area (Å²) >= 11 is 0. The molecule has 1 amide bonds. The minimum absolute atomic E-state index is 0.0808. The number of amides is 1. The quantitative estimate of drug-likeness (QED) is 0.551. The Labute approximate surface area is 207 Å². The van der Waals surface area contributed by atoms with Gasteiger partial charge in [0.15, 0.2) is 0 Å². The Morgan fingerprint density at radius 3 is 2.69 bits per heavy atom. The molecular weight excluding hydrogens is 436 g/mol. The van der Waals surface area contributed by atoms with Gasteiger partial charge < -0.3 is 14.6 Å². The monoisotopic (exact) mass is 470 g/mol. The third kappa shape index (κ3) is 4.53. The van der Waals surface area contributed by atoms with Crippen LogP contribution in [0.25, 0.3) is 16.5 Å². The number of aryl methyl sites for hydroxylation is 2. The maximum Gasteiger partial charge on any atom is 0.257 e. The fourth-order valence-corrected chi connectivity index (χ4v) is 5.75. The smallest absolute Gasteiger partial charge is 0.257 e. The van der Waals surface area contributed by atoms with E-state index in [-0.39, 0.29) is 5.91 Å². The zero-order chi connectivity index (χ0) is 23.9. The number of benzene rings is 1. The van der Waals surface area contributed by atoms with E-state index in [1.807, 2.05) is 17.8 Å². The van der Waals surface area contributed by atoms with Crippen molar-refractivity contribution in [3.05, 3.63) is 65.1 Å². The van der Waals surface area contributed by atoms with Crippen LogP contribution in [0.15, 0.2) is 42.7 Å². The number of ether oxygens (including phenoxy) is 1. The second-order valence-electron chi connectivity index (χ2n) is 10.4. The van der Waals surface area contributed by atoms with Gasteiger partial charge in [-0.2, -0.15) is 0 Å². The first-order valence-corrected chi connectivity index (χ1v) is 12.9. The minimum Gasteiger partial charge on any atom is -0.379 e. The highest BCUT2D eigenvalue weighted by molar-refractivity contribution is 6.13. The topological polar surface area (TPSA) is 59.4 Å². The van der Waals surface area contributed by atoms with Crippen molar-refractivity contribution in [2.24, 2.45) is 7.05 Å². The Kier molecular flexibility index (Phi) is 5.94. The van der Waals surface area contributed by atoms with Crippen LogP contribution in [-0.2, 0) is 11.8 Å². The molecule has 0 spiro atoms.